The first-order valence-electron chi connectivity index (χ1n) is 8.69. The fourth-order valence-electron chi connectivity index (χ4n) is 2.95. The van der Waals surface area contributed by atoms with Crippen LogP contribution in [0.25, 0.3) is 11.0 Å². The lowest BCUT2D eigenvalue weighted by Gasteiger charge is -2.10. The number of hydrogen-bond donors (Lipinski definition) is 1. The van der Waals surface area contributed by atoms with Crippen LogP contribution in [0.1, 0.15) is 5.56 Å². The van der Waals surface area contributed by atoms with E-state index in [9.17, 15) is 8.42 Å². The number of methoxy groups -OCH3 is 1. The molecule has 148 valence electrons. The summed E-state index contributed by atoms with van der Waals surface area (Å²) < 4.78 is 32.2. The highest BCUT2D eigenvalue weighted by molar-refractivity contribution is 7.89. The highest BCUT2D eigenvalue weighted by Crippen LogP contribution is 2.28. The van der Waals surface area contributed by atoms with Gasteiger partial charge in [-0.2, -0.15) is 9.97 Å². The van der Waals surface area contributed by atoms with Gasteiger partial charge >= 0.3 is 0 Å². The fourth-order valence-corrected chi connectivity index (χ4v) is 4.52. The Kier molecular flexibility index (Phi) is 5.12. The lowest BCUT2D eigenvalue weighted by Crippen LogP contribution is -2.14. The Bertz CT molecular complexity index is 1260. The van der Waals surface area contributed by atoms with Crippen LogP contribution in [0, 0.1) is 0 Å². The van der Waals surface area contributed by atoms with E-state index in [0.29, 0.717) is 16.8 Å². The molecule has 1 N–H and O–H groups in total. The van der Waals surface area contributed by atoms with Crippen molar-refractivity contribution in [3.63, 3.8) is 0 Å². The smallest absolute Gasteiger partial charge is 0.244 e. The van der Waals surface area contributed by atoms with E-state index in [2.05, 4.69) is 15.3 Å². The van der Waals surface area contributed by atoms with Gasteiger partial charge in [-0.15, -0.1) is 0 Å². The Morgan fingerprint density at radius 3 is 2.45 bits per heavy atom. The predicted octanol–water partition coefficient (Wildman–Crippen LogP) is 4.22. The molecule has 0 spiro atoms. The summed E-state index contributed by atoms with van der Waals surface area (Å²) >= 11 is 6.09. The molecule has 0 amide bonds. The zero-order valence-corrected chi connectivity index (χ0v) is 17.0. The summed E-state index contributed by atoms with van der Waals surface area (Å²) in [4.78, 5) is 8.37. The van der Waals surface area contributed by atoms with Crippen molar-refractivity contribution in [2.24, 2.45) is 0 Å². The Morgan fingerprint density at radius 1 is 1.03 bits per heavy atom. The number of nitrogens with one attached hydrogen (secondary N) is 1. The zero-order valence-electron chi connectivity index (χ0n) is 15.4. The number of anilines is 2. The Hall–Kier alpha value is -3.10. The molecule has 0 saturated heterocycles. The Labute approximate surface area is 173 Å². The summed E-state index contributed by atoms with van der Waals surface area (Å²) in [7, 11) is -2.10. The predicted molar refractivity (Wildman–Crippen MR) is 113 cm³/mol. The van der Waals surface area contributed by atoms with Gasteiger partial charge < -0.3 is 10.1 Å². The van der Waals surface area contributed by atoms with Crippen molar-refractivity contribution in [2.75, 3.05) is 12.4 Å². The maximum atomic E-state index is 13.0. The summed E-state index contributed by atoms with van der Waals surface area (Å²) in [6, 6.07) is 17.9. The second-order valence-electron chi connectivity index (χ2n) is 6.29. The first kappa shape index (κ1) is 19.2. The molecule has 4 rings (SSSR count). The van der Waals surface area contributed by atoms with Gasteiger partial charge in [0.1, 0.15) is 11.6 Å². The number of hydrogen-bond acceptors (Lipinski definition) is 6. The molecule has 0 bridgehead atoms. The normalized spacial score (nSPS) is 11.5. The van der Waals surface area contributed by atoms with Crippen LogP contribution in [0.15, 0.2) is 66.9 Å². The van der Waals surface area contributed by atoms with Crippen molar-refractivity contribution >= 4 is 44.2 Å². The number of ether oxygens (including phenoxy) is 1. The molecule has 2 aromatic heterocycles. The van der Waals surface area contributed by atoms with Gasteiger partial charge in [-0.3, -0.25) is 0 Å². The topological polar surface area (TPSA) is 86.1 Å². The molecular weight excluding hydrogens is 412 g/mol. The molecule has 0 aliphatic rings. The number of halogens is 1. The average molecular weight is 429 g/mol. The van der Waals surface area contributed by atoms with E-state index < -0.39 is 10.0 Å². The summed E-state index contributed by atoms with van der Waals surface area (Å²) in [6.07, 6.45) is 1.47. The molecule has 2 heterocycles. The summed E-state index contributed by atoms with van der Waals surface area (Å²) in [6.45, 7) is 0. The van der Waals surface area contributed by atoms with Crippen LogP contribution >= 0.6 is 11.6 Å². The van der Waals surface area contributed by atoms with Gasteiger partial charge in [-0.1, -0.05) is 30.3 Å². The summed E-state index contributed by atoms with van der Waals surface area (Å²) in [5.41, 5.74) is 1.66. The summed E-state index contributed by atoms with van der Waals surface area (Å²) in [5.74, 6) is 0.985. The largest absolute Gasteiger partial charge is 0.497 e. The lowest BCUT2D eigenvalue weighted by atomic mass is 10.2. The van der Waals surface area contributed by atoms with Gasteiger partial charge in [0.2, 0.25) is 15.3 Å². The molecule has 0 aliphatic heterocycles. The monoisotopic (exact) mass is 428 g/mol. The zero-order chi connectivity index (χ0) is 20.4. The van der Waals surface area contributed by atoms with Crippen LogP contribution in [-0.4, -0.2) is 29.5 Å². The standard InChI is InChI=1S/C20H17ClN4O3S/c1-28-16-9-7-15(8-10-16)22-18-17-11-12-25(19(17)24-20(21)23-18)29(26,27)13-14-5-3-2-4-6-14/h2-12H,13H2,1H3,(H,22,23,24). The molecule has 0 saturated carbocycles. The SMILES string of the molecule is COc1ccc(Nc2nc(Cl)nc3c2ccn3S(=O)(=O)Cc2ccccc2)cc1. The first-order valence-corrected chi connectivity index (χ1v) is 10.7. The van der Waals surface area contributed by atoms with E-state index in [-0.39, 0.29) is 16.7 Å². The third-order valence-corrected chi connectivity index (χ3v) is 6.09. The van der Waals surface area contributed by atoms with Crippen molar-refractivity contribution < 1.29 is 13.2 Å². The van der Waals surface area contributed by atoms with Gasteiger partial charge in [0.15, 0.2) is 5.65 Å². The summed E-state index contributed by atoms with van der Waals surface area (Å²) in [5, 5.41) is 3.65. The van der Waals surface area contributed by atoms with Crippen molar-refractivity contribution in [2.45, 2.75) is 5.75 Å². The van der Waals surface area contributed by atoms with Crippen molar-refractivity contribution in [3.8, 4) is 5.75 Å². The van der Waals surface area contributed by atoms with Gasteiger partial charge in [-0.05, 0) is 47.5 Å². The van der Waals surface area contributed by atoms with Crippen molar-refractivity contribution in [3.05, 3.63) is 77.7 Å². The Balaban J connectivity index is 1.72. The molecule has 7 nitrogen and oxygen atoms in total. The van der Waals surface area contributed by atoms with Gasteiger partial charge in [-0.25, -0.2) is 12.4 Å². The fraction of sp³-hybridized carbons (Fsp3) is 0.100. The maximum absolute atomic E-state index is 13.0. The average Bonchev–Trinajstić information content (AvgIpc) is 3.14. The molecule has 9 heteroatoms. The van der Waals surface area contributed by atoms with E-state index in [4.69, 9.17) is 16.3 Å². The molecule has 4 aromatic rings. The van der Waals surface area contributed by atoms with Crippen molar-refractivity contribution in [1.29, 1.82) is 0 Å². The maximum Gasteiger partial charge on any atom is 0.244 e. The van der Waals surface area contributed by atoms with Gasteiger partial charge in [0, 0.05) is 11.9 Å². The minimum absolute atomic E-state index is 0.0524. The molecule has 0 aliphatic carbocycles. The van der Waals surface area contributed by atoms with Crippen LogP contribution < -0.4 is 10.1 Å². The van der Waals surface area contributed by atoms with Crippen LogP contribution in [0.4, 0.5) is 11.5 Å². The van der Waals surface area contributed by atoms with E-state index in [1.54, 1.807) is 49.6 Å². The van der Waals surface area contributed by atoms with Crippen LogP contribution in [0.3, 0.4) is 0 Å². The van der Waals surface area contributed by atoms with Crippen molar-refractivity contribution in [1.82, 2.24) is 13.9 Å². The first-order chi connectivity index (χ1) is 14.0. The molecular formula is C20H17ClN4O3S. The number of nitrogens with zero attached hydrogens (tertiary/aromatic N) is 3. The van der Waals surface area contributed by atoms with Gasteiger partial charge in [0.25, 0.3) is 0 Å². The minimum atomic E-state index is -3.69. The minimum Gasteiger partial charge on any atom is -0.497 e. The van der Waals surface area contributed by atoms with E-state index >= 15 is 0 Å². The molecule has 0 atom stereocenters. The van der Waals surface area contributed by atoms with Crippen LogP contribution in [0.5, 0.6) is 5.75 Å². The quantitative estimate of drug-likeness (QED) is 0.463. The number of rotatable bonds is 6. The van der Waals surface area contributed by atoms with E-state index in [1.165, 1.54) is 6.20 Å². The molecule has 0 unspecified atom stereocenters. The lowest BCUT2D eigenvalue weighted by molar-refractivity contribution is 0.415. The highest BCUT2D eigenvalue weighted by Gasteiger charge is 2.20. The van der Waals surface area contributed by atoms with E-state index in [1.807, 2.05) is 18.2 Å². The molecule has 29 heavy (non-hydrogen) atoms. The third-order valence-electron chi connectivity index (χ3n) is 4.33. The van der Waals surface area contributed by atoms with Crippen LogP contribution in [-0.2, 0) is 15.8 Å². The Morgan fingerprint density at radius 2 is 1.76 bits per heavy atom. The molecule has 2 aromatic carbocycles. The highest BCUT2D eigenvalue weighted by atomic mass is 35.5. The molecule has 0 radical (unpaired) electrons. The number of benzene rings is 2. The van der Waals surface area contributed by atoms with E-state index in [0.717, 1.165) is 15.4 Å². The number of aromatic nitrogens is 3. The van der Waals surface area contributed by atoms with Crippen LogP contribution in [0.2, 0.25) is 5.28 Å². The molecule has 0 fully saturated rings. The second-order valence-corrected chi connectivity index (χ2v) is 8.47. The van der Waals surface area contributed by atoms with Gasteiger partial charge in [0.05, 0.1) is 18.2 Å². The number of fused-ring (bicyclic) bond motifs is 1. The third kappa shape index (κ3) is 4.03. The second kappa shape index (κ2) is 7.73.